The molecule has 0 bridgehead atoms. The maximum absolute atomic E-state index is 13.4. The van der Waals surface area contributed by atoms with Crippen LogP contribution in [0.1, 0.15) is 36.4 Å². The lowest BCUT2D eigenvalue weighted by Gasteiger charge is -2.38. The molecule has 2 unspecified atom stereocenters. The minimum atomic E-state index is -0.383. The first-order valence-electron chi connectivity index (χ1n) is 9.20. The highest BCUT2D eigenvalue weighted by Crippen LogP contribution is 2.36. The second-order valence-electron chi connectivity index (χ2n) is 7.29. The quantitative estimate of drug-likeness (QED) is 0.916. The highest BCUT2D eigenvalue weighted by atomic mass is 16.5. The molecule has 4 rings (SSSR count). The average molecular weight is 356 g/mol. The number of rotatable bonds is 3. The molecule has 0 saturated carbocycles. The SMILES string of the molecule is CCc1oc2ccccc2c1C(=O)N1CC2COCCC2(NC(C)=O)C1. The van der Waals surface area contributed by atoms with E-state index >= 15 is 0 Å². The van der Waals surface area contributed by atoms with Gasteiger partial charge in [-0.1, -0.05) is 25.1 Å². The second-order valence-corrected chi connectivity index (χ2v) is 7.29. The maximum atomic E-state index is 13.4. The average Bonchev–Trinajstić information content (AvgIpc) is 3.18. The highest BCUT2D eigenvalue weighted by Gasteiger charge is 2.50. The van der Waals surface area contributed by atoms with Crippen molar-refractivity contribution in [2.24, 2.45) is 5.92 Å². The molecule has 2 amide bonds. The highest BCUT2D eigenvalue weighted by molar-refractivity contribution is 6.07. The monoisotopic (exact) mass is 356 g/mol. The molecule has 1 aromatic heterocycles. The lowest BCUT2D eigenvalue weighted by atomic mass is 9.83. The molecule has 0 radical (unpaired) electrons. The number of likely N-dealkylation sites (tertiary alicyclic amines) is 1. The summed E-state index contributed by atoms with van der Waals surface area (Å²) in [6.07, 6.45) is 1.39. The van der Waals surface area contributed by atoms with Crippen LogP contribution in [0.25, 0.3) is 11.0 Å². The molecule has 26 heavy (non-hydrogen) atoms. The van der Waals surface area contributed by atoms with Gasteiger partial charge >= 0.3 is 0 Å². The number of fused-ring (bicyclic) bond motifs is 2. The molecule has 2 aliphatic rings. The van der Waals surface area contributed by atoms with Crippen LogP contribution in [0.5, 0.6) is 0 Å². The Morgan fingerprint density at radius 1 is 1.35 bits per heavy atom. The van der Waals surface area contributed by atoms with Gasteiger partial charge in [0.15, 0.2) is 0 Å². The van der Waals surface area contributed by atoms with Crippen molar-refractivity contribution in [2.45, 2.75) is 32.2 Å². The van der Waals surface area contributed by atoms with E-state index in [-0.39, 0.29) is 23.3 Å². The van der Waals surface area contributed by atoms with E-state index in [4.69, 9.17) is 9.15 Å². The Hall–Kier alpha value is -2.34. The molecule has 2 saturated heterocycles. The number of ether oxygens (including phenoxy) is 1. The molecule has 138 valence electrons. The molecule has 2 aliphatic heterocycles. The number of hydrogen-bond donors (Lipinski definition) is 1. The molecule has 3 heterocycles. The number of carbonyl (C=O) groups is 2. The van der Waals surface area contributed by atoms with Gasteiger partial charge < -0.3 is 19.4 Å². The van der Waals surface area contributed by atoms with Crippen molar-refractivity contribution in [1.82, 2.24) is 10.2 Å². The molecule has 6 heteroatoms. The van der Waals surface area contributed by atoms with E-state index in [0.29, 0.717) is 38.3 Å². The van der Waals surface area contributed by atoms with E-state index in [0.717, 1.165) is 23.2 Å². The minimum Gasteiger partial charge on any atom is -0.460 e. The van der Waals surface area contributed by atoms with Crippen LogP contribution < -0.4 is 5.32 Å². The maximum Gasteiger partial charge on any atom is 0.258 e. The molecule has 6 nitrogen and oxygen atoms in total. The molecule has 1 aromatic carbocycles. The van der Waals surface area contributed by atoms with Crippen LogP contribution in [-0.4, -0.2) is 48.6 Å². The predicted octanol–water partition coefficient (Wildman–Crippen LogP) is 2.36. The zero-order valence-corrected chi connectivity index (χ0v) is 15.2. The predicted molar refractivity (Wildman–Crippen MR) is 97.0 cm³/mol. The second kappa shape index (κ2) is 6.43. The van der Waals surface area contributed by atoms with Crippen molar-refractivity contribution >= 4 is 22.8 Å². The van der Waals surface area contributed by atoms with Crippen molar-refractivity contribution in [2.75, 3.05) is 26.3 Å². The first-order valence-corrected chi connectivity index (χ1v) is 9.20. The molecular weight excluding hydrogens is 332 g/mol. The number of amides is 2. The molecule has 1 N–H and O–H groups in total. The van der Waals surface area contributed by atoms with E-state index in [1.165, 1.54) is 6.92 Å². The van der Waals surface area contributed by atoms with Gasteiger partial charge in [-0.05, 0) is 12.5 Å². The van der Waals surface area contributed by atoms with Crippen molar-refractivity contribution in [3.05, 3.63) is 35.6 Å². The van der Waals surface area contributed by atoms with Crippen LogP contribution in [-0.2, 0) is 16.0 Å². The Morgan fingerprint density at radius 3 is 2.92 bits per heavy atom. The summed E-state index contributed by atoms with van der Waals surface area (Å²) in [6, 6.07) is 7.65. The lowest BCUT2D eigenvalue weighted by molar-refractivity contribution is -0.122. The summed E-state index contributed by atoms with van der Waals surface area (Å²) in [6.45, 7) is 5.80. The number of benzene rings is 1. The van der Waals surface area contributed by atoms with Crippen molar-refractivity contribution < 1.29 is 18.7 Å². The Labute approximate surface area is 152 Å². The molecular formula is C20H24N2O4. The fourth-order valence-corrected chi connectivity index (χ4v) is 4.40. The third-order valence-electron chi connectivity index (χ3n) is 5.62. The first-order chi connectivity index (χ1) is 12.5. The van der Waals surface area contributed by atoms with Crippen LogP contribution >= 0.6 is 0 Å². The van der Waals surface area contributed by atoms with E-state index < -0.39 is 0 Å². The zero-order valence-electron chi connectivity index (χ0n) is 15.2. The summed E-state index contributed by atoms with van der Waals surface area (Å²) in [4.78, 5) is 27.0. The zero-order chi connectivity index (χ0) is 18.3. The molecule has 2 fully saturated rings. The number of furan rings is 1. The lowest BCUT2D eigenvalue weighted by Crippen LogP contribution is -2.57. The number of aryl methyl sites for hydroxylation is 1. The normalized spacial score (nSPS) is 25.3. The van der Waals surface area contributed by atoms with Crippen molar-refractivity contribution in [1.29, 1.82) is 0 Å². The van der Waals surface area contributed by atoms with Crippen LogP contribution in [0.3, 0.4) is 0 Å². The summed E-state index contributed by atoms with van der Waals surface area (Å²) in [5, 5.41) is 3.97. The Bertz CT molecular complexity index is 859. The fourth-order valence-electron chi connectivity index (χ4n) is 4.40. The van der Waals surface area contributed by atoms with E-state index in [1.54, 1.807) is 0 Å². The van der Waals surface area contributed by atoms with Crippen molar-refractivity contribution in [3.8, 4) is 0 Å². The molecule has 2 aromatic rings. The summed E-state index contributed by atoms with van der Waals surface area (Å²) >= 11 is 0. The van der Waals surface area contributed by atoms with Gasteiger partial charge in [0.2, 0.25) is 5.91 Å². The standard InChI is InChI=1S/C20H24N2O4/c1-3-16-18(15-6-4-5-7-17(15)26-16)19(24)22-10-14-11-25-9-8-20(14,12-22)21-13(2)23/h4-7,14H,3,8-12H2,1-2H3,(H,21,23). The van der Waals surface area contributed by atoms with Gasteiger partial charge in [0, 0.05) is 44.3 Å². The van der Waals surface area contributed by atoms with Crippen LogP contribution in [0, 0.1) is 5.92 Å². The Morgan fingerprint density at radius 2 is 2.15 bits per heavy atom. The fraction of sp³-hybridized carbons (Fsp3) is 0.500. The van der Waals surface area contributed by atoms with Gasteiger partial charge in [0.1, 0.15) is 11.3 Å². The molecule has 0 spiro atoms. The smallest absolute Gasteiger partial charge is 0.258 e. The van der Waals surface area contributed by atoms with E-state index in [1.807, 2.05) is 36.1 Å². The largest absolute Gasteiger partial charge is 0.460 e. The number of nitrogens with one attached hydrogen (secondary N) is 1. The van der Waals surface area contributed by atoms with Crippen molar-refractivity contribution in [3.63, 3.8) is 0 Å². The van der Waals surface area contributed by atoms with E-state index in [2.05, 4.69) is 5.32 Å². The summed E-state index contributed by atoms with van der Waals surface area (Å²) in [5.41, 5.74) is 1.01. The molecule has 0 aliphatic carbocycles. The number of carbonyl (C=O) groups excluding carboxylic acids is 2. The van der Waals surface area contributed by atoms with Gasteiger partial charge in [-0.25, -0.2) is 0 Å². The first kappa shape index (κ1) is 17.1. The Kier molecular flexibility index (Phi) is 4.23. The van der Waals surface area contributed by atoms with Crippen LogP contribution in [0.2, 0.25) is 0 Å². The van der Waals surface area contributed by atoms with Gasteiger partial charge in [-0.15, -0.1) is 0 Å². The number of hydrogen-bond acceptors (Lipinski definition) is 4. The van der Waals surface area contributed by atoms with Gasteiger partial charge in [-0.3, -0.25) is 9.59 Å². The van der Waals surface area contributed by atoms with Gasteiger partial charge in [0.05, 0.1) is 17.7 Å². The summed E-state index contributed by atoms with van der Waals surface area (Å²) in [7, 11) is 0. The summed E-state index contributed by atoms with van der Waals surface area (Å²) in [5.74, 6) is 0.753. The Balaban J connectivity index is 1.68. The topological polar surface area (TPSA) is 71.8 Å². The summed E-state index contributed by atoms with van der Waals surface area (Å²) < 4.78 is 11.5. The van der Waals surface area contributed by atoms with Gasteiger partial charge in [0.25, 0.3) is 5.91 Å². The van der Waals surface area contributed by atoms with Crippen LogP contribution in [0.4, 0.5) is 0 Å². The third kappa shape index (κ3) is 2.69. The van der Waals surface area contributed by atoms with Crippen LogP contribution in [0.15, 0.2) is 28.7 Å². The number of para-hydroxylation sites is 1. The van der Waals surface area contributed by atoms with Gasteiger partial charge in [-0.2, -0.15) is 0 Å². The van der Waals surface area contributed by atoms with E-state index in [9.17, 15) is 9.59 Å². The number of nitrogens with zero attached hydrogens (tertiary/aromatic N) is 1. The minimum absolute atomic E-state index is 0.0223. The third-order valence-corrected chi connectivity index (χ3v) is 5.62. The molecule has 2 atom stereocenters.